The summed E-state index contributed by atoms with van der Waals surface area (Å²) in [6.07, 6.45) is 12.2. The van der Waals surface area contributed by atoms with Crippen LogP contribution in [-0.2, 0) is 0 Å². The Balaban J connectivity index is 1.27. The number of nitrogens with zero attached hydrogens (tertiary/aromatic N) is 3. The van der Waals surface area contributed by atoms with Crippen molar-refractivity contribution in [3.63, 3.8) is 0 Å². The van der Waals surface area contributed by atoms with Gasteiger partial charge in [0.1, 0.15) is 0 Å². The Morgan fingerprint density at radius 1 is 1.00 bits per heavy atom. The van der Waals surface area contributed by atoms with Crippen molar-refractivity contribution in [2.45, 2.75) is 79.1 Å². The monoisotopic (exact) mass is 536 g/mol. The van der Waals surface area contributed by atoms with Crippen molar-refractivity contribution in [3.8, 4) is 0 Å². The summed E-state index contributed by atoms with van der Waals surface area (Å²) < 4.78 is 0. The molecule has 3 amide bonds. The van der Waals surface area contributed by atoms with Crippen LogP contribution in [0.25, 0.3) is 0 Å². The topological polar surface area (TPSA) is 55.9 Å². The van der Waals surface area contributed by atoms with Gasteiger partial charge in [-0.3, -0.25) is 9.69 Å². The van der Waals surface area contributed by atoms with E-state index in [9.17, 15) is 9.59 Å². The van der Waals surface area contributed by atoms with Crippen LogP contribution in [-0.4, -0.2) is 79.0 Å². The third-order valence-electron chi connectivity index (χ3n) is 9.69. The Labute approximate surface area is 237 Å². The zero-order chi connectivity index (χ0) is 27.8. The molecule has 5 rings (SSSR count). The average molecular weight is 537 g/mol. The number of unbranched alkanes of at least 4 members (excludes halogenated alkanes) is 5. The van der Waals surface area contributed by atoms with Crippen LogP contribution in [0.1, 0.15) is 88.1 Å². The zero-order valence-electron chi connectivity index (χ0n) is 25.0. The fraction of sp³-hybridized carbons (Fsp3) is 0.697. The molecule has 1 heterocycles. The molecule has 0 aromatic heterocycles. The van der Waals surface area contributed by atoms with E-state index in [-0.39, 0.29) is 11.9 Å². The molecule has 2 atom stereocenters. The van der Waals surface area contributed by atoms with Gasteiger partial charge >= 0.3 is 6.03 Å². The maximum atomic E-state index is 13.3. The molecule has 4 aliphatic rings. The molecule has 3 aliphatic carbocycles. The van der Waals surface area contributed by atoms with Gasteiger partial charge < -0.3 is 15.1 Å². The maximum Gasteiger partial charge on any atom is 0.317 e. The van der Waals surface area contributed by atoms with E-state index >= 15 is 0 Å². The van der Waals surface area contributed by atoms with Gasteiger partial charge in [-0.2, -0.15) is 0 Å². The molecule has 1 aliphatic heterocycles. The smallest absolute Gasteiger partial charge is 0.317 e. The molecule has 1 saturated carbocycles. The van der Waals surface area contributed by atoms with Crippen LogP contribution < -0.4 is 5.32 Å². The largest absolute Gasteiger partial charge is 0.338 e. The molecule has 6 nitrogen and oxygen atoms in total. The van der Waals surface area contributed by atoms with Crippen LogP contribution in [0.5, 0.6) is 0 Å². The number of aryl methyl sites for hydroxylation is 1. The molecule has 0 radical (unpaired) electrons. The summed E-state index contributed by atoms with van der Waals surface area (Å²) in [5, 5.41) is 3.23. The summed E-state index contributed by atoms with van der Waals surface area (Å²) in [6.45, 7) is 15.3. The summed E-state index contributed by atoms with van der Waals surface area (Å²) in [5.41, 5.74) is 3.77. The van der Waals surface area contributed by atoms with Crippen molar-refractivity contribution in [1.82, 2.24) is 20.0 Å². The Morgan fingerprint density at radius 3 is 2.36 bits per heavy atom. The summed E-state index contributed by atoms with van der Waals surface area (Å²) in [5.74, 6) is 1.54. The van der Waals surface area contributed by atoms with Gasteiger partial charge in [0.05, 0.1) is 0 Å². The van der Waals surface area contributed by atoms with Gasteiger partial charge in [-0.15, -0.1) is 0 Å². The van der Waals surface area contributed by atoms with Crippen LogP contribution in [0.3, 0.4) is 0 Å². The summed E-state index contributed by atoms with van der Waals surface area (Å²) >= 11 is 0. The van der Waals surface area contributed by atoms with Gasteiger partial charge in [0.15, 0.2) is 0 Å². The lowest BCUT2D eigenvalue weighted by molar-refractivity contribution is -0.00984. The highest BCUT2D eigenvalue weighted by Crippen LogP contribution is 2.59. The SMILES string of the molecule is CCCCCCCCNC(=O)N(CCN1CCN(C(=O)c2ccc(C)cc2)CC1)CC1=CCC2CC1C2(C)C. The van der Waals surface area contributed by atoms with E-state index in [1.165, 1.54) is 49.7 Å². The van der Waals surface area contributed by atoms with Crippen molar-refractivity contribution in [2.24, 2.45) is 17.3 Å². The predicted molar refractivity (Wildman–Crippen MR) is 160 cm³/mol. The normalized spacial score (nSPS) is 22.2. The molecule has 1 saturated heterocycles. The molecule has 6 heteroatoms. The second-order valence-corrected chi connectivity index (χ2v) is 12.7. The first-order chi connectivity index (χ1) is 18.8. The first kappa shape index (κ1) is 29.6. The van der Waals surface area contributed by atoms with Crippen LogP contribution >= 0.6 is 0 Å². The Kier molecular flexibility index (Phi) is 10.5. The quantitative estimate of drug-likeness (QED) is 0.244. The molecular weight excluding hydrogens is 484 g/mol. The van der Waals surface area contributed by atoms with Crippen molar-refractivity contribution in [3.05, 3.63) is 47.0 Å². The number of carbonyl (C=O) groups excluding carboxylic acids is 2. The predicted octanol–water partition coefficient (Wildman–Crippen LogP) is 6.12. The minimum absolute atomic E-state index is 0.0805. The van der Waals surface area contributed by atoms with Crippen LogP contribution in [0, 0.1) is 24.2 Å². The summed E-state index contributed by atoms with van der Waals surface area (Å²) in [6, 6.07) is 7.94. The van der Waals surface area contributed by atoms with Gasteiger partial charge in [-0.05, 0) is 55.6 Å². The summed E-state index contributed by atoms with van der Waals surface area (Å²) in [4.78, 5) is 32.7. The van der Waals surface area contributed by atoms with E-state index in [0.717, 1.165) is 76.7 Å². The lowest BCUT2D eigenvalue weighted by Crippen LogP contribution is -2.53. The van der Waals surface area contributed by atoms with E-state index in [1.54, 1.807) is 0 Å². The first-order valence-corrected chi connectivity index (χ1v) is 15.6. The van der Waals surface area contributed by atoms with Crippen molar-refractivity contribution < 1.29 is 9.59 Å². The first-order valence-electron chi connectivity index (χ1n) is 15.6. The molecule has 216 valence electrons. The number of nitrogens with one attached hydrogen (secondary N) is 1. The summed E-state index contributed by atoms with van der Waals surface area (Å²) in [7, 11) is 0. The number of fused-ring (bicyclic) bond motifs is 1. The van der Waals surface area contributed by atoms with Gasteiger partial charge in [0.25, 0.3) is 5.91 Å². The molecule has 39 heavy (non-hydrogen) atoms. The number of allylic oxidation sites excluding steroid dienone is 1. The van der Waals surface area contributed by atoms with E-state index in [2.05, 4.69) is 42.0 Å². The van der Waals surface area contributed by atoms with E-state index in [0.29, 0.717) is 11.3 Å². The van der Waals surface area contributed by atoms with Crippen LogP contribution in [0.2, 0.25) is 0 Å². The lowest BCUT2D eigenvalue weighted by Gasteiger charge is -2.57. The van der Waals surface area contributed by atoms with E-state index < -0.39 is 0 Å². The van der Waals surface area contributed by atoms with Gasteiger partial charge in [0, 0.05) is 57.9 Å². The lowest BCUT2D eigenvalue weighted by atomic mass is 9.49. The maximum absolute atomic E-state index is 13.3. The van der Waals surface area contributed by atoms with Crippen LogP contribution in [0.4, 0.5) is 4.79 Å². The number of hydrogen-bond donors (Lipinski definition) is 1. The van der Waals surface area contributed by atoms with E-state index in [4.69, 9.17) is 0 Å². The Hall–Kier alpha value is -2.34. The van der Waals surface area contributed by atoms with Gasteiger partial charge in [-0.1, -0.05) is 82.2 Å². The molecule has 2 bridgehead atoms. The van der Waals surface area contributed by atoms with E-state index in [1.807, 2.05) is 36.1 Å². The highest BCUT2D eigenvalue weighted by atomic mass is 16.2. The minimum atomic E-state index is 0.0805. The number of amides is 3. The highest BCUT2D eigenvalue weighted by molar-refractivity contribution is 5.94. The molecule has 1 aromatic carbocycles. The number of carbonyl (C=O) groups is 2. The third kappa shape index (κ3) is 7.65. The number of rotatable bonds is 13. The Morgan fingerprint density at radius 2 is 1.69 bits per heavy atom. The number of hydrogen-bond acceptors (Lipinski definition) is 3. The third-order valence-corrected chi connectivity index (χ3v) is 9.69. The fourth-order valence-electron chi connectivity index (χ4n) is 6.66. The number of benzene rings is 1. The highest BCUT2D eigenvalue weighted by Gasteiger charge is 2.51. The van der Waals surface area contributed by atoms with Crippen LogP contribution in [0.15, 0.2) is 35.9 Å². The molecule has 1 aromatic rings. The average Bonchev–Trinajstić information content (AvgIpc) is 2.95. The zero-order valence-corrected chi connectivity index (χ0v) is 25.0. The van der Waals surface area contributed by atoms with Crippen molar-refractivity contribution in [2.75, 3.05) is 52.4 Å². The number of urea groups is 1. The second-order valence-electron chi connectivity index (χ2n) is 12.7. The molecular formula is C33H52N4O2. The molecule has 1 N–H and O–H groups in total. The minimum Gasteiger partial charge on any atom is -0.338 e. The Bertz CT molecular complexity index is 978. The van der Waals surface area contributed by atoms with Gasteiger partial charge in [0.2, 0.25) is 0 Å². The standard InChI is InChI=1S/C33H52N4O2/c1-5-6-7-8-9-10-17-34-32(39)37(25-28-15-16-29-24-30(28)33(29,3)4)23-20-35-18-21-36(22-19-35)31(38)27-13-11-26(2)12-14-27/h11-15,29-30H,5-10,16-25H2,1-4H3,(H,34,39). The molecule has 2 unspecified atom stereocenters. The van der Waals surface area contributed by atoms with Crippen molar-refractivity contribution >= 4 is 11.9 Å². The second kappa shape index (κ2) is 13.8. The molecule has 2 fully saturated rings. The van der Waals surface area contributed by atoms with Crippen molar-refractivity contribution in [1.29, 1.82) is 0 Å². The van der Waals surface area contributed by atoms with Gasteiger partial charge in [-0.25, -0.2) is 4.79 Å². The fourth-order valence-corrected chi connectivity index (χ4v) is 6.66. The molecule has 0 spiro atoms. The number of piperazine rings is 1.